The molecule has 0 radical (unpaired) electrons. The molecular weight excluding hydrogens is 186 g/mol. The number of rotatable bonds is 1. The molecule has 1 aromatic heterocycles. The Balaban J connectivity index is 2.24. The van der Waals surface area contributed by atoms with Gasteiger partial charge in [0.1, 0.15) is 0 Å². The third kappa shape index (κ3) is 2.07. The molecule has 2 unspecified atom stereocenters. The first kappa shape index (κ1) is 10.7. The Hall–Kier alpha value is -0.830. The summed E-state index contributed by atoms with van der Waals surface area (Å²) in [6, 6.07) is 0.772. The quantitative estimate of drug-likeness (QED) is 0.718. The van der Waals surface area contributed by atoms with Crippen molar-refractivity contribution >= 4 is 0 Å². The zero-order valence-electron chi connectivity index (χ0n) is 9.74. The summed E-state index contributed by atoms with van der Waals surface area (Å²) in [4.78, 5) is 4.36. The van der Waals surface area contributed by atoms with Crippen molar-refractivity contribution in [3.05, 3.63) is 17.7 Å². The van der Waals surface area contributed by atoms with Crippen molar-refractivity contribution in [1.82, 2.24) is 9.55 Å². The van der Waals surface area contributed by atoms with Crippen molar-refractivity contribution in [2.75, 3.05) is 0 Å². The van der Waals surface area contributed by atoms with E-state index in [-0.39, 0.29) is 0 Å². The van der Waals surface area contributed by atoms with E-state index in [4.69, 9.17) is 5.73 Å². The minimum absolute atomic E-state index is 0.305. The van der Waals surface area contributed by atoms with Gasteiger partial charge in [0.2, 0.25) is 0 Å². The van der Waals surface area contributed by atoms with Gasteiger partial charge in [-0.15, -0.1) is 0 Å². The molecule has 1 aromatic rings. The number of nitrogens with two attached hydrogens (primary N) is 1. The fourth-order valence-corrected chi connectivity index (χ4v) is 2.51. The van der Waals surface area contributed by atoms with Crippen LogP contribution in [0.5, 0.6) is 0 Å². The summed E-state index contributed by atoms with van der Waals surface area (Å²) < 4.78 is 2.28. The Labute approximate surface area is 91.7 Å². The molecule has 1 aliphatic rings. The maximum absolute atomic E-state index is 6.24. The zero-order valence-corrected chi connectivity index (χ0v) is 9.74. The van der Waals surface area contributed by atoms with E-state index >= 15 is 0 Å². The lowest BCUT2D eigenvalue weighted by Crippen LogP contribution is -2.31. The molecule has 1 saturated carbocycles. The van der Waals surface area contributed by atoms with E-state index in [2.05, 4.69) is 23.4 Å². The topological polar surface area (TPSA) is 43.8 Å². The Bertz CT molecular complexity index is 330. The van der Waals surface area contributed by atoms with Crippen LogP contribution in [0.25, 0.3) is 0 Å². The Morgan fingerprint density at radius 2 is 2.00 bits per heavy atom. The average Bonchev–Trinajstić information content (AvgIpc) is 2.43. The molecule has 1 fully saturated rings. The summed E-state index contributed by atoms with van der Waals surface area (Å²) in [6.45, 7) is 4.20. The van der Waals surface area contributed by atoms with Crippen LogP contribution in [-0.4, -0.2) is 15.6 Å². The molecular formula is C12H21N3. The molecule has 2 rings (SSSR count). The smallest absolute Gasteiger partial charge is 0.0954 e. The standard InChI is InChI=1S/C12H21N3/c1-9-10(2)15(8-14-9)12-7-5-3-4-6-11(12)13/h8,11-12H,3-7,13H2,1-2H3. The summed E-state index contributed by atoms with van der Waals surface area (Å²) in [6.07, 6.45) is 8.23. The average molecular weight is 207 g/mol. The first-order valence-corrected chi connectivity index (χ1v) is 5.95. The van der Waals surface area contributed by atoms with Crippen molar-refractivity contribution in [2.24, 2.45) is 5.73 Å². The molecule has 2 N–H and O–H groups in total. The lowest BCUT2D eigenvalue weighted by Gasteiger charge is -2.24. The van der Waals surface area contributed by atoms with Gasteiger partial charge < -0.3 is 10.3 Å². The normalized spacial score (nSPS) is 27.7. The van der Waals surface area contributed by atoms with Crippen LogP contribution in [0.1, 0.15) is 49.5 Å². The van der Waals surface area contributed by atoms with Gasteiger partial charge in [-0.2, -0.15) is 0 Å². The largest absolute Gasteiger partial charge is 0.330 e. The predicted octanol–water partition coefficient (Wildman–Crippen LogP) is 2.33. The molecule has 3 heteroatoms. The highest BCUT2D eigenvalue weighted by molar-refractivity contribution is 5.10. The number of imidazole rings is 1. The van der Waals surface area contributed by atoms with E-state index in [1.54, 1.807) is 0 Å². The second kappa shape index (κ2) is 4.35. The summed E-state index contributed by atoms with van der Waals surface area (Å²) in [5, 5.41) is 0. The maximum Gasteiger partial charge on any atom is 0.0954 e. The summed E-state index contributed by atoms with van der Waals surface area (Å²) >= 11 is 0. The van der Waals surface area contributed by atoms with Crippen LogP contribution in [0.3, 0.4) is 0 Å². The third-order valence-corrected chi connectivity index (χ3v) is 3.68. The first-order valence-electron chi connectivity index (χ1n) is 5.95. The molecule has 0 saturated heterocycles. The van der Waals surface area contributed by atoms with Gasteiger partial charge in [0, 0.05) is 17.8 Å². The van der Waals surface area contributed by atoms with Gasteiger partial charge in [-0.1, -0.05) is 19.3 Å². The summed E-state index contributed by atoms with van der Waals surface area (Å²) in [5.74, 6) is 0. The Morgan fingerprint density at radius 3 is 2.67 bits per heavy atom. The van der Waals surface area contributed by atoms with Gasteiger partial charge in [-0.3, -0.25) is 0 Å². The first-order chi connectivity index (χ1) is 7.20. The number of nitrogens with zero attached hydrogens (tertiary/aromatic N) is 2. The Morgan fingerprint density at radius 1 is 1.27 bits per heavy atom. The summed E-state index contributed by atoms with van der Waals surface area (Å²) in [5.41, 5.74) is 8.65. The van der Waals surface area contributed by atoms with Crippen molar-refractivity contribution in [1.29, 1.82) is 0 Å². The number of hydrogen-bond acceptors (Lipinski definition) is 2. The molecule has 1 aliphatic carbocycles. The van der Waals surface area contributed by atoms with Crippen molar-refractivity contribution < 1.29 is 0 Å². The van der Waals surface area contributed by atoms with Crippen LogP contribution in [0, 0.1) is 13.8 Å². The monoisotopic (exact) mass is 207 g/mol. The molecule has 0 amide bonds. The van der Waals surface area contributed by atoms with Gasteiger partial charge in [-0.25, -0.2) is 4.98 Å². The van der Waals surface area contributed by atoms with Crippen LogP contribution in [0.15, 0.2) is 6.33 Å². The number of aromatic nitrogens is 2. The molecule has 0 aromatic carbocycles. The lowest BCUT2D eigenvalue weighted by molar-refractivity contribution is 0.382. The summed E-state index contributed by atoms with van der Waals surface area (Å²) in [7, 11) is 0. The SMILES string of the molecule is Cc1ncn(C2CCCCCC2N)c1C. The van der Waals surface area contributed by atoms with Crippen LogP contribution in [-0.2, 0) is 0 Å². The molecule has 3 nitrogen and oxygen atoms in total. The van der Waals surface area contributed by atoms with Crippen LogP contribution in [0.4, 0.5) is 0 Å². The Kier molecular flexibility index (Phi) is 3.10. The highest BCUT2D eigenvalue weighted by atomic mass is 15.1. The molecule has 15 heavy (non-hydrogen) atoms. The van der Waals surface area contributed by atoms with Crippen LogP contribution in [0.2, 0.25) is 0 Å². The molecule has 1 heterocycles. The van der Waals surface area contributed by atoms with Crippen LogP contribution >= 0.6 is 0 Å². The van der Waals surface area contributed by atoms with Crippen LogP contribution < -0.4 is 5.73 Å². The van der Waals surface area contributed by atoms with Crippen molar-refractivity contribution in [2.45, 2.75) is 58.0 Å². The number of aryl methyl sites for hydroxylation is 1. The van der Waals surface area contributed by atoms with E-state index in [0.717, 1.165) is 12.1 Å². The molecule has 2 atom stereocenters. The minimum atomic E-state index is 0.305. The van der Waals surface area contributed by atoms with Gasteiger partial charge in [0.25, 0.3) is 0 Å². The zero-order chi connectivity index (χ0) is 10.8. The number of hydrogen-bond donors (Lipinski definition) is 1. The fraction of sp³-hybridized carbons (Fsp3) is 0.750. The van der Waals surface area contributed by atoms with E-state index in [1.807, 2.05) is 6.33 Å². The van der Waals surface area contributed by atoms with Gasteiger partial charge >= 0.3 is 0 Å². The molecule has 84 valence electrons. The van der Waals surface area contributed by atoms with Crippen molar-refractivity contribution in [3.63, 3.8) is 0 Å². The molecule has 0 bridgehead atoms. The van der Waals surface area contributed by atoms with Gasteiger partial charge in [-0.05, 0) is 26.7 Å². The lowest BCUT2D eigenvalue weighted by atomic mass is 10.0. The maximum atomic E-state index is 6.24. The highest BCUT2D eigenvalue weighted by Gasteiger charge is 2.23. The second-order valence-corrected chi connectivity index (χ2v) is 4.69. The van der Waals surface area contributed by atoms with E-state index in [1.165, 1.54) is 31.4 Å². The van der Waals surface area contributed by atoms with Gasteiger partial charge in [0.05, 0.1) is 12.0 Å². The van der Waals surface area contributed by atoms with Gasteiger partial charge in [0.15, 0.2) is 0 Å². The second-order valence-electron chi connectivity index (χ2n) is 4.69. The van der Waals surface area contributed by atoms with E-state index in [9.17, 15) is 0 Å². The predicted molar refractivity (Wildman–Crippen MR) is 61.8 cm³/mol. The molecule has 0 spiro atoms. The molecule has 0 aliphatic heterocycles. The van der Waals surface area contributed by atoms with E-state index < -0.39 is 0 Å². The van der Waals surface area contributed by atoms with E-state index in [0.29, 0.717) is 12.1 Å². The third-order valence-electron chi connectivity index (χ3n) is 3.68. The fourth-order valence-electron chi connectivity index (χ4n) is 2.51. The van der Waals surface area contributed by atoms with Crippen molar-refractivity contribution in [3.8, 4) is 0 Å². The minimum Gasteiger partial charge on any atom is -0.330 e. The highest BCUT2D eigenvalue weighted by Crippen LogP contribution is 2.27.